The first kappa shape index (κ1) is 17.3. The Morgan fingerprint density at radius 2 is 2.08 bits per heavy atom. The van der Waals surface area contributed by atoms with Crippen LogP contribution in [-0.2, 0) is 16.0 Å². The second-order valence-corrected chi connectivity index (χ2v) is 6.97. The minimum atomic E-state index is -0.306. The SMILES string of the molecule is O=C(Cc1cccc(F)c1)N1CCCN(CC2(CO)COC2)CC1. The molecule has 1 N–H and O–H groups in total. The molecule has 0 radical (unpaired) electrons. The molecule has 3 rings (SSSR count). The Morgan fingerprint density at radius 1 is 1.25 bits per heavy atom. The maximum atomic E-state index is 13.2. The van der Waals surface area contributed by atoms with E-state index in [4.69, 9.17) is 4.74 Å². The van der Waals surface area contributed by atoms with E-state index in [0.717, 1.165) is 32.6 Å². The van der Waals surface area contributed by atoms with E-state index in [1.54, 1.807) is 12.1 Å². The van der Waals surface area contributed by atoms with Crippen LogP contribution >= 0.6 is 0 Å². The Kier molecular flexibility index (Phi) is 5.48. The van der Waals surface area contributed by atoms with Crippen LogP contribution in [0.5, 0.6) is 0 Å². The fourth-order valence-electron chi connectivity index (χ4n) is 3.41. The van der Waals surface area contributed by atoms with Crippen molar-refractivity contribution in [2.24, 2.45) is 5.41 Å². The van der Waals surface area contributed by atoms with Crippen molar-refractivity contribution in [2.45, 2.75) is 12.8 Å². The first-order chi connectivity index (χ1) is 11.6. The average molecular weight is 336 g/mol. The van der Waals surface area contributed by atoms with Gasteiger partial charge < -0.3 is 19.6 Å². The van der Waals surface area contributed by atoms with Crippen molar-refractivity contribution in [3.8, 4) is 0 Å². The maximum Gasteiger partial charge on any atom is 0.227 e. The normalized spacial score (nSPS) is 21.2. The lowest BCUT2D eigenvalue weighted by atomic mass is 9.86. The highest BCUT2D eigenvalue weighted by atomic mass is 19.1. The number of carbonyl (C=O) groups is 1. The van der Waals surface area contributed by atoms with Gasteiger partial charge in [0, 0.05) is 26.2 Å². The van der Waals surface area contributed by atoms with Gasteiger partial charge in [-0.25, -0.2) is 4.39 Å². The topological polar surface area (TPSA) is 53.0 Å². The van der Waals surface area contributed by atoms with E-state index in [9.17, 15) is 14.3 Å². The summed E-state index contributed by atoms with van der Waals surface area (Å²) >= 11 is 0. The maximum absolute atomic E-state index is 13.2. The van der Waals surface area contributed by atoms with E-state index in [2.05, 4.69) is 4.90 Å². The first-order valence-electron chi connectivity index (χ1n) is 8.53. The number of carbonyl (C=O) groups excluding carboxylic acids is 1. The van der Waals surface area contributed by atoms with Gasteiger partial charge in [-0.1, -0.05) is 12.1 Å². The van der Waals surface area contributed by atoms with Crippen LogP contribution in [0.3, 0.4) is 0 Å². The van der Waals surface area contributed by atoms with E-state index >= 15 is 0 Å². The Bertz CT molecular complexity index is 572. The summed E-state index contributed by atoms with van der Waals surface area (Å²) in [6.07, 6.45) is 1.16. The average Bonchev–Trinajstić information content (AvgIpc) is 2.76. The molecule has 2 fully saturated rings. The molecule has 2 saturated heterocycles. The highest BCUT2D eigenvalue weighted by Gasteiger charge is 2.39. The van der Waals surface area contributed by atoms with Gasteiger partial charge >= 0.3 is 0 Å². The molecule has 2 aliphatic rings. The molecule has 0 bridgehead atoms. The summed E-state index contributed by atoms with van der Waals surface area (Å²) in [6, 6.07) is 6.23. The third-order valence-corrected chi connectivity index (χ3v) is 4.90. The number of hydrogen-bond donors (Lipinski definition) is 1. The fourth-order valence-corrected chi connectivity index (χ4v) is 3.41. The Hall–Kier alpha value is -1.50. The number of benzene rings is 1. The lowest BCUT2D eigenvalue weighted by Crippen LogP contribution is -2.53. The van der Waals surface area contributed by atoms with Crippen molar-refractivity contribution >= 4 is 5.91 Å². The molecular formula is C18H25FN2O3. The first-order valence-corrected chi connectivity index (χ1v) is 8.53. The van der Waals surface area contributed by atoms with Gasteiger partial charge in [-0.2, -0.15) is 0 Å². The molecule has 1 aromatic rings. The third kappa shape index (κ3) is 4.12. The zero-order chi connectivity index (χ0) is 17.0. The highest BCUT2D eigenvalue weighted by molar-refractivity contribution is 5.78. The molecule has 1 aromatic carbocycles. The van der Waals surface area contributed by atoms with Crippen LogP contribution in [0.25, 0.3) is 0 Å². The van der Waals surface area contributed by atoms with Gasteiger partial charge in [0.2, 0.25) is 5.91 Å². The molecule has 2 aliphatic heterocycles. The van der Waals surface area contributed by atoms with Crippen molar-refractivity contribution < 1.29 is 19.0 Å². The van der Waals surface area contributed by atoms with E-state index < -0.39 is 0 Å². The van der Waals surface area contributed by atoms with E-state index in [0.29, 0.717) is 25.3 Å². The molecule has 0 spiro atoms. The number of halogens is 1. The Balaban J connectivity index is 1.52. The van der Waals surface area contributed by atoms with Gasteiger partial charge in [0.15, 0.2) is 0 Å². The van der Waals surface area contributed by atoms with Crippen LogP contribution in [0.15, 0.2) is 24.3 Å². The molecule has 2 heterocycles. The Morgan fingerprint density at radius 3 is 2.75 bits per heavy atom. The predicted molar refractivity (Wildman–Crippen MR) is 88.1 cm³/mol. The second-order valence-electron chi connectivity index (χ2n) is 6.97. The molecule has 1 amide bonds. The lowest BCUT2D eigenvalue weighted by Gasteiger charge is -2.43. The largest absolute Gasteiger partial charge is 0.396 e. The summed E-state index contributed by atoms with van der Waals surface area (Å²) in [5, 5.41) is 9.56. The molecular weight excluding hydrogens is 311 g/mol. The van der Waals surface area contributed by atoms with Gasteiger partial charge in [-0.15, -0.1) is 0 Å². The van der Waals surface area contributed by atoms with Gasteiger partial charge in [0.25, 0.3) is 0 Å². The Labute approximate surface area is 142 Å². The van der Waals surface area contributed by atoms with Crippen LogP contribution in [-0.4, -0.2) is 73.4 Å². The molecule has 6 heteroatoms. The molecule has 24 heavy (non-hydrogen) atoms. The van der Waals surface area contributed by atoms with Crippen molar-refractivity contribution in [3.05, 3.63) is 35.6 Å². The van der Waals surface area contributed by atoms with Crippen LogP contribution in [0.1, 0.15) is 12.0 Å². The number of amides is 1. The second kappa shape index (κ2) is 7.59. The van der Waals surface area contributed by atoms with Crippen molar-refractivity contribution in [1.29, 1.82) is 0 Å². The summed E-state index contributed by atoms with van der Waals surface area (Å²) in [4.78, 5) is 16.7. The number of hydrogen-bond acceptors (Lipinski definition) is 4. The molecule has 0 aliphatic carbocycles. The summed E-state index contributed by atoms with van der Waals surface area (Å²) in [7, 11) is 0. The quantitative estimate of drug-likeness (QED) is 0.868. The van der Waals surface area contributed by atoms with Gasteiger partial charge in [-0.3, -0.25) is 4.79 Å². The number of ether oxygens (including phenoxy) is 1. The number of aliphatic hydroxyl groups is 1. The molecule has 5 nitrogen and oxygen atoms in total. The number of nitrogens with zero attached hydrogens (tertiary/aromatic N) is 2. The predicted octanol–water partition coefficient (Wildman–Crippen LogP) is 0.911. The minimum absolute atomic E-state index is 0.0475. The number of rotatable bonds is 5. The van der Waals surface area contributed by atoms with Crippen LogP contribution in [0, 0.1) is 11.2 Å². The zero-order valence-electron chi connectivity index (χ0n) is 13.9. The molecule has 132 valence electrons. The van der Waals surface area contributed by atoms with Crippen LogP contribution < -0.4 is 0 Å². The highest BCUT2D eigenvalue weighted by Crippen LogP contribution is 2.28. The van der Waals surface area contributed by atoms with Crippen molar-refractivity contribution in [2.75, 3.05) is 52.5 Å². The molecule has 0 aromatic heterocycles. The minimum Gasteiger partial charge on any atom is -0.396 e. The van der Waals surface area contributed by atoms with Crippen molar-refractivity contribution in [3.63, 3.8) is 0 Å². The van der Waals surface area contributed by atoms with E-state index in [-0.39, 0.29) is 30.2 Å². The van der Waals surface area contributed by atoms with Gasteiger partial charge in [0.05, 0.1) is 31.7 Å². The van der Waals surface area contributed by atoms with Gasteiger partial charge in [0.1, 0.15) is 5.82 Å². The van der Waals surface area contributed by atoms with Crippen molar-refractivity contribution in [1.82, 2.24) is 9.80 Å². The standard InChI is InChI=1S/C18H25FN2O3/c19-16-4-1-3-15(9-16)10-17(23)21-6-2-5-20(7-8-21)11-18(12-22)13-24-14-18/h1,3-4,9,22H,2,5-8,10-14H2. The smallest absolute Gasteiger partial charge is 0.227 e. The fraction of sp³-hybridized carbons (Fsp3) is 0.611. The third-order valence-electron chi connectivity index (χ3n) is 4.90. The summed E-state index contributed by atoms with van der Waals surface area (Å²) in [5.74, 6) is -0.259. The molecule has 0 saturated carbocycles. The monoisotopic (exact) mass is 336 g/mol. The molecule has 0 atom stereocenters. The van der Waals surface area contributed by atoms with E-state index in [1.165, 1.54) is 12.1 Å². The zero-order valence-corrected chi connectivity index (χ0v) is 13.9. The van der Waals surface area contributed by atoms with E-state index in [1.807, 2.05) is 4.90 Å². The lowest BCUT2D eigenvalue weighted by molar-refractivity contribution is -0.148. The summed E-state index contributed by atoms with van der Waals surface area (Å²) < 4.78 is 18.5. The summed E-state index contributed by atoms with van der Waals surface area (Å²) in [5.41, 5.74) is 0.591. The molecule has 0 unspecified atom stereocenters. The summed E-state index contributed by atoms with van der Waals surface area (Å²) in [6.45, 7) is 5.32. The van der Waals surface area contributed by atoms with Crippen LogP contribution in [0.4, 0.5) is 4.39 Å². The van der Waals surface area contributed by atoms with Crippen LogP contribution in [0.2, 0.25) is 0 Å². The van der Waals surface area contributed by atoms with Gasteiger partial charge in [-0.05, 0) is 30.7 Å². The number of aliphatic hydroxyl groups excluding tert-OH is 1.